The number of aromatic nitrogens is 1. The highest BCUT2D eigenvalue weighted by Gasteiger charge is 2.47. The summed E-state index contributed by atoms with van der Waals surface area (Å²) in [4.78, 5) is 2.49. The second-order valence-electron chi connectivity index (χ2n) is 17.9. The minimum atomic E-state index is -0.556. The lowest BCUT2D eigenvalue weighted by atomic mass is 9.68. The second-order valence-corrected chi connectivity index (χ2v) is 17.9. The van der Waals surface area contributed by atoms with Gasteiger partial charge < -0.3 is 13.9 Å². The fourth-order valence-electron chi connectivity index (χ4n) is 11.6. The summed E-state index contributed by atoms with van der Waals surface area (Å²) < 4.78 is 9.34. The minimum Gasteiger partial charge on any atom is -0.455 e. The van der Waals surface area contributed by atoms with Gasteiger partial charge in [-0.15, -0.1) is 0 Å². The molecule has 2 heterocycles. The lowest BCUT2D eigenvalue weighted by Crippen LogP contribution is -2.28. The number of para-hydroxylation sites is 4. The Bertz CT molecular complexity index is 3990. The highest BCUT2D eigenvalue weighted by Crippen LogP contribution is 2.60. The van der Waals surface area contributed by atoms with E-state index < -0.39 is 5.41 Å². The average Bonchev–Trinajstić information content (AvgIpc) is 4.05. The van der Waals surface area contributed by atoms with Crippen molar-refractivity contribution in [3.63, 3.8) is 0 Å². The van der Waals surface area contributed by atoms with Crippen molar-refractivity contribution < 1.29 is 4.42 Å². The van der Waals surface area contributed by atoms with Crippen LogP contribution in [0, 0.1) is 0 Å². The maximum atomic E-state index is 6.94. The van der Waals surface area contributed by atoms with Gasteiger partial charge >= 0.3 is 0 Å². The molecule has 0 fully saturated rings. The van der Waals surface area contributed by atoms with E-state index in [2.05, 4.69) is 264 Å². The van der Waals surface area contributed by atoms with E-state index in [0.29, 0.717) is 0 Å². The SMILES string of the molecule is c1ccc(C2(c3ccccc3)c3ccccc3-c3c(N(c4ccc(-n5c6ccccc6c6ccccc65)cc4)c4ccccc4-c4cccc5c4oc4cc6ccccc6cc45)cccc32)cc1. The topological polar surface area (TPSA) is 21.3 Å². The van der Waals surface area contributed by atoms with Gasteiger partial charge in [-0.2, -0.15) is 0 Å². The Hall–Kier alpha value is -8.92. The van der Waals surface area contributed by atoms with Crippen molar-refractivity contribution in [1.29, 1.82) is 0 Å². The summed E-state index contributed by atoms with van der Waals surface area (Å²) in [5.74, 6) is 0. The van der Waals surface area contributed by atoms with Crippen molar-refractivity contribution in [3.05, 3.63) is 277 Å². The quantitative estimate of drug-likeness (QED) is 0.159. The third-order valence-corrected chi connectivity index (χ3v) is 14.4. The average molecular weight is 867 g/mol. The molecular formula is C65H42N2O. The number of benzene rings is 11. The summed E-state index contributed by atoms with van der Waals surface area (Å²) in [6.45, 7) is 0. The predicted octanol–water partition coefficient (Wildman–Crippen LogP) is 17.3. The Morgan fingerprint density at radius 1 is 0.368 bits per heavy atom. The lowest BCUT2D eigenvalue weighted by Gasteiger charge is -2.34. The van der Waals surface area contributed by atoms with Crippen molar-refractivity contribution in [2.75, 3.05) is 4.90 Å². The zero-order valence-corrected chi connectivity index (χ0v) is 37.1. The number of rotatable bonds is 7. The molecule has 0 amide bonds. The van der Waals surface area contributed by atoms with Gasteiger partial charge in [0.1, 0.15) is 11.2 Å². The first-order chi connectivity index (χ1) is 33.8. The van der Waals surface area contributed by atoms with E-state index in [1.54, 1.807) is 0 Å². The number of anilines is 3. The van der Waals surface area contributed by atoms with E-state index in [-0.39, 0.29) is 0 Å². The molecule has 2 aromatic heterocycles. The van der Waals surface area contributed by atoms with Gasteiger partial charge in [0, 0.05) is 49.6 Å². The zero-order valence-electron chi connectivity index (χ0n) is 37.1. The molecule has 1 aliphatic rings. The number of fused-ring (bicyclic) bond motifs is 10. The fraction of sp³-hybridized carbons (Fsp3) is 0.0154. The molecular weight excluding hydrogens is 825 g/mol. The molecule has 0 unspecified atom stereocenters. The molecule has 11 aromatic carbocycles. The molecule has 3 nitrogen and oxygen atoms in total. The molecule has 0 saturated carbocycles. The summed E-state index contributed by atoms with van der Waals surface area (Å²) in [6, 6.07) is 93.1. The van der Waals surface area contributed by atoms with Crippen LogP contribution in [0.1, 0.15) is 22.3 Å². The van der Waals surface area contributed by atoms with Gasteiger partial charge in [-0.25, -0.2) is 0 Å². The first kappa shape index (κ1) is 38.4. The third kappa shape index (κ3) is 5.54. The standard InChI is InChI=1S/C65H42N2O/c1-3-21-45(22-4-1)65(46-23-5-2-6-24-46)56-31-13-9-28-54(56)63-57(65)32-18-36-61(63)67(48-39-37-47(38-40-48)66-58-33-14-10-25-49(58)50-26-11-15-34-59(50)66)60-35-16-12-27-51(60)52-29-17-30-53-55-41-43-19-7-8-20-44(43)42-62(55)68-64(52)53/h1-42H. The van der Waals surface area contributed by atoms with Crippen LogP contribution in [0.3, 0.4) is 0 Å². The third-order valence-electron chi connectivity index (χ3n) is 14.4. The van der Waals surface area contributed by atoms with E-state index >= 15 is 0 Å². The summed E-state index contributed by atoms with van der Waals surface area (Å²) in [5, 5.41) is 7.07. The molecule has 0 spiro atoms. The number of furan rings is 1. The van der Waals surface area contributed by atoms with Crippen LogP contribution in [0.2, 0.25) is 0 Å². The van der Waals surface area contributed by atoms with Crippen molar-refractivity contribution >= 4 is 71.6 Å². The largest absolute Gasteiger partial charge is 0.455 e. The highest BCUT2D eigenvalue weighted by atomic mass is 16.3. The normalized spacial score (nSPS) is 12.8. The van der Waals surface area contributed by atoms with Crippen LogP contribution < -0.4 is 4.90 Å². The van der Waals surface area contributed by atoms with Crippen molar-refractivity contribution in [3.8, 4) is 27.9 Å². The summed E-state index contributed by atoms with van der Waals surface area (Å²) >= 11 is 0. The number of hydrogen-bond acceptors (Lipinski definition) is 2. The van der Waals surface area contributed by atoms with E-state index in [4.69, 9.17) is 4.42 Å². The first-order valence-corrected chi connectivity index (χ1v) is 23.4. The molecule has 14 rings (SSSR count). The highest BCUT2D eigenvalue weighted by molar-refractivity contribution is 6.14. The van der Waals surface area contributed by atoms with Gasteiger partial charge in [-0.3, -0.25) is 0 Å². The van der Waals surface area contributed by atoms with E-state index in [1.165, 1.54) is 60.6 Å². The lowest BCUT2D eigenvalue weighted by molar-refractivity contribution is 0.670. The van der Waals surface area contributed by atoms with Gasteiger partial charge in [-0.05, 0) is 99.3 Å². The summed E-state index contributed by atoms with van der Waals surface area (Å²) in [7, 11) is 0. The van der Waals surface area contributed by atoms with Crippen molar-refractivity contribution in [2.45, 2.75) is 5.41 Å². The summed E-state index contributed by atoms with van der Waals surface area (Å²) in [5.41, 5.74) is 17.4. The summed E-state index contributed by atoms with van der Waals surface area (Å²) in [6.07, 6.45) is 0. The van der Waals surface area contributed by atoms with Crippen molar-refractivity contribution in [2.24, 2.45) is 0 Å². The molecule has 0 bridgehead atoms. The Morgan fingerprint density at radius 3 is 1.62 bits per heavy atom. The van der Waals surface area contributed by atoms with Gasteiger partial charge in [0.25, 0.3) is 0 Å². The van der Waals surface area contributed by atoms with E-state index in [0.717, 1.165) is 61.2 Å². The Labute approximate surface area is 394 Å². The monoisotopic (exact) mass is 866 g/mol. The molecule has 3 heteroatoms. The fourth-order valence-corrected chi connectivity index (χ4v) is 11.6. The Morgan fingerprint density at radius 2 is 0.897 bits per heavy atom. The smallest absolute Gasteiger partial charge is 0.143 e. The number of nitrogens with zero attached hydrogens (tertiary/aromatic N) is 2. The maximum Gasteiger partial charge on any atom is 0.143 e. The van der Waals surface area contributed by atoms with Crippen molar-refractivity contribution in [1.82, 2.24) is 4.57 Å². The molecule has 0 atom stereocenters. The maximum absolute atomic E-state index is 6.94. The molecule has 1 aliphatic carbocycles. The number of hydrogen-bond donors (Lipinski definition) is 0. The van der Waals surface area contributed by atoms with Crippen LogP contribution >= 0.6 is 0 Å². The van der Waals surface area contributed by atoms with Gasteiger partial charge in [0.15, 0.2) is 0 Å². The van der Waals surface area contributed by atoms with Gasteiger partial charge in [0.2, 0.25) is 0 Å². The Balaban J connectivity index is 1.04. The molecule has 68 heavy (non-hydrogen) atoms. The minimum absolute atomic E-state index is 0.556. The Kier molecular flexibility index (Phi) is 8.50. The van der Waals surface area contributed by atoms with Crippen LogP contribution in [0.4, 0.5) is 17.1 Å². The molecule has 0 aliphatic heterocycles. The van der Waals surface area contributed by atoms with E-state index in [1.807, 2.05) is 0 Å². The molecule has 0 saturated heterocycles. The first-order valence-electron chi connectivity index (χ1n) is 23.4. The molecule has 13 aromatic rings. The molecule has 0 N–H and O–H groups in total. The van der Waals surface area contributed by atoms with Crippen LogP contribution in [0.5, 0.6) is 0 Å². The van der Waals surface area contributed by atoms with Crippen LogP contribution in [-0.4, -0.2) is 4.57 Å². The van der Waals surface area contributed by atoms with Gasteiger partial charge in [0.05, 0.1) is 27.8 Å². The van der Waals surface area contributed by atoms with Crippen LogP contribution in [-0.2, 0) is 5.41 Å². The van der Waals surface area contributed by atoms with E-state index in [9.17, 15) is 0 Å². The second kappa shape index (κ2) is 15.1. The van der Waals surface area contributed by atoms with Crippen LogP contribution in [0.15, 0.2) is 259 Å². The molecule has 318 valence electrons. The predicted molar refractivity (Wildman–Crippen MR) is 283 cm³/mol. The van der Waals surface area contributed by atoms with Crippen LogP contribution in [0.25, 0.3) is 82.5 Å². The molecule has 0 radical (unpaired) electrons. The van der Waals surface area contributed by atoms with Gasteiger partial charge in [-0.1, -0.05) is 194 Å². The zero-order chi connectivity index (χ0) is 44.8.